The lowest BCUT2D eigenvalue weighted by molar-refractivity contribution is -0.117. The number of amides is 2. The van der Waals surface area contributed by atoms with Crippen LogP contribution in [0, 0.1) is 0 Å². The summed E-state index contributed by atoms with van der Waals surface area (Å²) >= 11 is 5.91. The number of carbonyl (C=O) groups excluding carboxylic acids is 2. The van der Waals surface area contributed by atoms with Crippen LogP contribution < -0.4 is 10.2 Å². The molecule has 1 aliphatic rings. The van der Waals surface area contributed by atoms with Crippen molar-refractivity contribution in [2.45, 2.75) is 12.8 Å². The minimum atomic E-state index is -0.222. The van der Waals surface area contributed by atoms with E-state index in [1.54, 1.807) is 35.2 Å². The van der Waals surface area contributed by atoms with Crippen molar-refractivity contribution in [3.05, 3.63) is 65.2 Å². The summed E-state index contributed by atoms with van der Waals surface area (Å²) in [7, 11) is 0. The second-order valence-corrected chi connectivity index (χ2v) is 6.01. The largest absolute Gasteiger partial charge is 0.323 e. The Labute approximate surface area is 145 Å². The fourth-order valence-corrected chi connectivity index (χ4v) is 2.81. The van der Waals surface area contributed by atoms with Crippen LogP contribution in [0.5, 0.6) is 0 Å². The van der Waals surface area contributed by atoms with Gasteiger partial charge in [0.25, 0.3) is 0 Å². The van der Waals surface area contributed by atoms with E-state index in [9.17, 15) is 9.59 Å². The van der Waals surface area contributed by atoms with Crippen molar-refractivity contribution >= 4 is 40.9 Å². The zero-order valence-corrected chi connectivity index (χ0v) is 13.8. The molecule has 1 saturated heterocycles. The van der Waals surface area contributed by atoms with E-state index in [1.807, 2.05) is 24.3 Å². The Morgan fingerprint density at radius 3 is 2.62 bits per heavy atom. The average molecular weight is 341 g/mol. The first-order valence-electron chi connectivity index (χ1n) is 7.77. The zero-order valence-electron chi connectivity index (χ0n) is 13.0. The SMILES string of the molecule is O=C(/C=C/c1cccc(Cl)c1)Nc1ccc(N2CCCC2=O)cc1. The Morgan fingerprint density at radius 1 is 1.17 bits per heavy atom. The van der Waals surface area contributed by atoms with Crippen LogP contribution in [0.4, 0.5) is 11.4 Å². The van der Waals surface area contributed by atoms with E-state index in [0.29, 0.717) is 17.1 Å². The van der Waals surface area contributed by atoms with Gasteiger partial charge in [-0.25, -0.2) is 0 Å². The van der Waals surface area contributed by atoms with Crippen molar-refractivity contribution in [3.8, 4) is 0 Å². The third-order valence-electron chi connectivity index (χ3n) is 3.80. The van der Waals surface area contributed by atoms with Gasteiger partial charge < -0.3 is 10.2 Å². The van der Waals surface area contributed by atoms with Gasteiger partial charge in [-0.15, -0.1) is 0 Å². The molecule has 4 nitrogen and oxygen atoms in total. The number of carbonyl (C=O) groups is 2. The summed E-state index contributed by atoms with van der Waals surface area (Å²) in [4.78, 5) is 25.5. The van der Waals surface area contributed by atoms with Gasteiger partial charge in [-0.3, -0.25) is 9.59 Å². The Balaban J connectivity index is 1.61. The van der Waals surface area contributed by atoms with E-state index in [4.69, 9.17) is 11.6 Å². The summed E-state index contributed by atoms with van der Waals surface area (Å²) in [5.74, 6) is -0.0729. The van der Waals surface area contributed by atoms with Gasteiger partial charge in [-0.1, -0.05) is 23.7 Å². The molecule has 1 aliphatic heterocycles. The molecule has 122 valence electrons. The van der Waals surface area contributed by atoms with Gasteiger partial charge in [0.2, 0.25) is 11.8 Å². The molecule has 0 bridgehead atoms. The molecule has 2 aromatic carbocycles. The van der Waals surface area contributed by atoms with E-state index in [0.717, 1.165) is 24.2 Å². The fraction of sp³-hybridized carbons (Fsp3) is 0.158. The van der Waals surface area contributed by atoms with E-state index in [-0.39, 0.29) is 11.8 Å². The van der Waals surface area contributed by atoms with Gasteiger partial charge >= 0.3 is 0 Å². The molecule has 0 saturated carbocycles. The van der Waals surface area contributed by atoms with Crippen molar-refractivity contribution in [2.24, 2.45) is 0 Å². The molecule has 1 N–H and O–H groups in total. The summed E-state index contributed by atoms with van der Waals surface area (Å²) < 4.78 is 0. The smallest absolute Gasteiger partial charge is 0.248 e. The Morgan fingerprint density at radius 2 is 1.96 bits per heavy atom. The molecular formula is C19H17ClN2O2. The van der Waals surface area contributed by atoms with E-state index < -0.39 is 0 Å². The predicted octanol–water partition coefficient (Wildman–Crippen LogP) is 4.12. The van der Waals surface area contributed by atoms with Crippen LogP contribution in [0.2, 0.25) is 5.02 Å². The van der Waals surface area contributed by atoms with E-state index in [1.165, 1.54) is 6.08 Å². The zero-order chi connectivity index (χ0) is 16.9. The van der Waals surface area contributed by atoms with Gasteiger partial charge in [0, 0.05) is 35.4 Å². The minimum absolute atomic E-state index is 0.149. The molecule has 24 heavy (non-hydrogen) atoms. The number of anilines is 2. The van der Waals surface area contributed by atoms with Gasteiger partial charge in [-0.05, 0) is 54.5 Å². The maximum atomic E-state index is 12.0. The molecule has 2 aromatic rings. The lowest BCUT2D eigenvalue weighted by atomic mass is 10.2. The average Bonchev–Trinajstić information content (AvgIpc) is 3.00. The molecule has 3 rings (SSSR count). The summed E-state index contributed by atoms with van der Waals surface area (Å²) in [5.41, 5.74) is 2.41. The fourth-order valence-electron chi connectivity index (χ4n) is 2.61. The highest BCUT2D eigenvalue weighted by molar-refractivity contribution is 6.30. The van der Waals surface area contributed by atoms with E-state index in [2.05, 4.69) is 5.32 Å². The summed E-state index contributed by atoms with van der Waals surface area (Å²) in [6.45, 7) is 0.757. The first-order valence-corrected chi connectivity index (χ1v) is 8.15. The minimum Gasteiger partial charge on any atom is -0.323 e. The highest BCUT2D eigenvalue weighted by Gasteiger charge is 2.21. The maximum absolute atomic E-state index is 12.0. The standard InChI is InChI=1S/C19H17ClN2O2/c20-15-4-1-3-14(13-15)6-11-18(23)21-16-7-9-17(10-8-16)22-12-2-5-19(22)24/h1,3-4,6-11,13H,2,5,12H2,(H,21,23)/b11-6+. The number of benzene rings is 2. The molecule has 2 amide bonds. The van der Waals surface area contributed by atoms with Gasteiger partial charge in [0.1, 0.15) is 0 Å². The monoisotopic (exact) mass is 340 g/mol. The van der Waals surface area contributed by atoms with Crippen LogP contribution in [0.25, 0.3) is 6.08 Å². The van der Waals surface area contributed by atoms with Crippen LogP contribution in [0.3, 0.4) is 0 Å². The molecule has 1 fully saturated rings. The third kappa shape index (κ3) is 4.03. The van der Waals surface area contributed by atoms with Gasteiger partial charge in [0.15, 0.2) is 0 Å². The van der Waals surface area contributed by atoms with E-state index >= 15 is 0 Å². The van der Waals surface area contributed by atoms with Crippen LogP contribution in [0.15, 0.2) is 54.6 Å². The quantitative estimate of drug-likeness (QED) is 0.851. The predicted molar refractivity (Wildman–Crippen MR) is 97.1 cm³/mol. The third-order valence-corrected chi connectivity index (χ3v) is 4.03. The normalized spacial score (nSPS) is 14.4. The van der Waals surface area contributed by atoms with Crippen molar-refractivity contribution in [2.75, 3.05) is 16.8 Å². The number of hydrogen-bond donors (Lipinski definition) is 1. The van der Waals surface area contributed by atoms with Crippen molar-refractivity contribution < 1.29 is 9.59 Å². The molecule has 1 heterocycles. The maximum Gasteiger partial charge on any atom is 0.248 e. The molecular weight excluding hydrogens is 324 g/mol. The molecule has 0 radical (unpaired) electrons. The Hall–Kier alpha value is -2.59. The second kappa shape index (κ2) is 7.32. The van der Waals surface area contributed by atoms with Crippen LogP contribution in [0.1, 0.15) is 18.4 Å². The van der Waals surface area contributed by atoms with Crippen molar-refractivity contribution in [1.29, 1.82) is 0 Å². The molecule has 0 unspecified atom stereocenters. The number of nitrogens with one attached hydrogen (secondary N) is 1. The molecule has 0 aliphatic carbocycles. The Bertz CT molecular complexity index is 784. The number of hydrogen-bond acceptors (Lipinski definition) is 2. The molecule has 5 heteroatoms. The lowest BCUT2D eigenvalue weighted by Gasteiger charge is -2.15. The van der Waals surface area contributed by atoms with Crippen LogP contribution in [-0.4, -0.2) is 18.4 Å². The highest BCUT2D eigenvalue weighted by Crippen LogP contribution is 2.23. The van der Waals surface area contributed by atoms with Crippen molar-refractivity contribution in [1.82, 2.24) is 0 Å². The number of rotatable bonds is 4. The molecule has 0 atom stereocenters. The van der Waals surface area contributed by atoms with Gasteiger partial charge in [0.05, 0.1) is 0 Å². The highest BCUT2D eigenvalue weighted by atomic mass is 35.5. The number of halogens is 1. The second-order valence-electron chi connectivity index (χ2n) is 5.57. The molecule has 0 spiro atoms. The van der Waals surface area contributed by atoms with Crippen molar-refractivity contribution in [3.63, 3.8) is 0 Å². The first-order chi connectivity index (χ1) is 11.6. The molecule has 0 aromatic heterocycles. The summed E-state index contributed by atoms with van der Waals surface area (Å²) in [6, 6.07) is 14.6. The lowest BCUT2D eigenvalue weighted by Crippen LogP contribution is -2.23. The topological polar surface area (TPSA) is 49.4 Å². The van der Waals surface area contributed by atoms with Crippen LogP contribution in [-0.2, 0) is 9.59 Å². The van der Waals surface area contributed by atoms with Gasteiger partial charge in [-0.2, -0.15) is 0 Å². The summed E-state index contributed by atoms with van der Waals surface area (Å²) in [6.07, 6.45) is 4.67. The first kappa shape index (κ1) is 16.3. The Kier molecular flexibility index (Phi) is 4.96. The van der Waals surface area contributed by atoms with Crippen LogP contribution >= 0.6 is 11.6 Å². The number of nitrogens with zero attached hydrogens (tertiary/aromatic N) is 1. The summed E-state index contributed by atoms with van der Waals surface area (Å²) in [5, 5.41) is 3.42.